The Hall–Kier alpha value is -2.26. The smallest absolute Gasteiger partial charge is 0.137 e. The van der Waals surface area contributed by atoms with Crippen molar-refractivity contribution < 1.29 is 14.3 Å². The van der Waals surface area contributed by atoms with Crippen LogP contribution in [0.5, 0.6) is 5.75 Å². The number of rotatable bonds is 4. The van der Waals surface area contributed by atoms with Gasteiger partial charge in [-0.3, -0.25) is 0 Å². The van der Waals surface area contributed by atoms with Crippen molar-refractivity contribution in [2.24, 2.45) is 0 Å². The maximum absolute atomic E-state index is 9.13. The number of hydrogen-bond donors (Lipinski definition) is 1. The highest BCUT2D eigenvalue weighted by molar-refractivity contribution is 5.81. The van der Waals surface area contributed by atoms with Crippen LogP contribution >= 0.6 is 0 Å². The van der Waals surface area contributed by atoms with Crippen LogP contribution in [0.4, 0.5) is 0 Å². The van der Waals surface area contributed by atoms with Crippen LogP contribution in [0.25, 0.3) is 11.0 Å². The fourth-order valence-electron chi connectivity index (χ4n) is 2.30. The van der Waals surface area contributed by atoms with Gasteiger partial charge in [0.15, 0.2) is 0 Å². The fraction of sp³-hybridized carbons (Fsp3) is 0.263. The van der Waals surface area contributed by atoms with Crippen molar-refractivity contribution in [1.82, 2.24) is 0 Å². The second kappa shape index (κ2) is 7.66. The van der Waals surface area contributed by atoms with Crippen LogP contribution in [0.1, 0.15) is 30.7 Å². The van der Waals surface area contributed by atoms with E-state index in [9.17, 15) is 0 Å². The SMILES string of the molecule is CC.Cc1cc(COc2ccccc2)cc2cc(CO)oc12. The van der Waals surface area contributed by atoms with Crippen LogP contribution in [0.2, 0.25) is 0 Å². The van der Waals surface area contributed by atoms with Crippen LogP contribution in [-0.4, -0.2) is 5.11 Å². The van der Waals surface area contributed by atoms with Crippen LogP contribution in [-0.2, 0) is 13.2 Å². The molecule has 0 saturated heterocycles. The molecule has 3 aromatic rings. The van der Waals surface area contributed by atoms with Crippen molar-refractivity contribution in [2.45, 2.75) is 34.0 Å². The summed E-state index contributed by atoms with van der Waals surface area (Å²) in [4.78, 5) is 0. The maximum atomic E-state index is 9.13. The molecule has 1 heterocycles. The monoisotopic (exact) mass is 298 g/mol. The lowest BCUT2D eigenvalue weighted by atomic mass is 10.1. The van der Waals surface area contributed by atoms with Gasteiger partial charge in [0.25, 0.3) is 0 Å². The zero-order chi connectivity index (χ0) is 15.9. The second-order valence-corrected chi connectivity index (χ2v) is 4.80. The summed E-state index contributed by atoms with van der Waals surface area (Å²) in [6.45, 7) is 6.43. The second-order valence-electron chi connectivity index (χ2n) is 4.80. The molecule has 3 nitrogen and oxygen atoms in total. The van der Waals surface area contributed by atoms with Crippen molar-refractivity contribution in [3.05, 3.63) is 65.4 Å². The summed E-state index contributed by atoms with van der Waals surface area (Å²) in [5.74, 6) is 1.44. The van der Waals surface area contributed by atoms with E-state index in [0.29, 0.717) is 12.4 Å². The lowest BCUT2D eigenvalue weighted by Crippen LogP contribution is -1.95. The molecule has 0 saturated carbocycles. The molecule has 0 fully saturated rings. The Morgan fingerprint density at radius 2 is 1.77 bits per heavy atom. The Labute approximate surface area is 131 Å². The maximum Gasteiger partial charge on any atom is 0.137 e. The first-order chi connectivity index (χ1) is 10.8. The van der Waals surface area contributed by atoms with E-state index in [0.717, 1.165) is 27.8 Å². The molecule has 0 unspecified atom stereocenters. The Balaban J connectivity index is 0.000000847. The number of aryl methyl sites for hydroxylation is 1. The number of fused-ring (bicyclic) bond motifs is 1. The van der Waals surface area contributed by atoms with Gasteiger partial charge in [-0.2, -0.15) is 0 Å². The topological polar surface area (TPSA) is 42.6 Å². The van der Waals surface area contributed by atoms with Crippen molar-refractivity contribution >= 4 is 11.0 Å². The van der Waals surface area contributed by atoms with Gasteiger partial charge in [0.2, 0.25) is 0 Å². The van der Waals surface area contributed by atoms with Crippen molar-refractivity contribution in [1.29, 1.82) is 0 Å². The minimum Gasteiger partial charge on any atom is -0.489 e. The predicted octanol–water partition coefficient (Wildman–Crippen LogP) is 4.84. The van der Waals surface area contributed by atoms with Gasteiger partial charge < -0.3 is 14.3 Å². The lowest BCUT2D eigenvalue weighted by Gasteiger charge is -2.07. The molecule has 3 heteroatoms. The van der Waals surface area contributed by atoms with E-state index in [1.54, 1.807) is 0 Å². The fourth-order valence-corrected chi connectivity index (χ4v) is 2.30. The molecule has 22 heavy (non-hydrogen) atoms. The third-order valence-electron chi connectivity index (χ3n) is 3.22. The van der Waals surface area contributed by atoms with E-state index >= 15 is 0 Å². The first-order valence-electron chi connectivity index (χ1n) is 7.57. The van der Waals surface area contributed by atoms with Gasteiger partial charge in [0, 0.05) is 5.39 Å². The highest BCUT2D eigenvalue weighted by atomic mass is 16.5. The standard InChI is InChI=1S/C17H16O3.C2H6/c1-12-7-13(11-19-15-5-3-2-4-6-15)8-14-9-16(10-18)20-17(12)14;1-2/h2-9,18H,10-11H2,1H3;1-2H3. The van der Waals surface area contributed by atoms with Crippen molar-refractivity contribution in [3.63, 3.8) is 0 Å². The van der Waals surface area contributed by atoms with Crippen molar-refractivity contribution in [2.75, 3.05) is 0 Å². The third kappa shape index (κ3) is 3.68. The molecule has 1 aromatic heterocycles. The summed E-state index contributed by atoms with van der Waals surface area (Å²) < 4.78 is 11.3. The van der Waals surface area contributed by atoms with Gasteiger partial charge in [0.05, 0.1) is 0 Å². The van der Waals surface area contributed by atoms with Gasteiger partial charge in [-0.1, -0.05) is 32.0 Å². The zero-order valence-corrected chi connectivity index (χ0v) is 13.3. The Kier molecular flexibility index (Phi) is 5.61. The minimum atomic E-state index is -0.0794. The molecule has 0 radical (unpaired) electrons. The van der Waals surface area contributed by atoms with Gasteiger partial charge in [-0.05, 0) is 48.4 Å². The van der Waals surface area contributed by atoms with E-state index < -0.39 is 0 Å². The highest BCUT2D eigenvalue weighted by Crippen LogP contribution is 2.25. The summed E-state index contributed by atoms with van der Waals surface area (Å²) >= 11 is 0. The molecule has 2 aromatic carbocycles. The number of furan rings is 1. The quantitative estimate of drug-likeness (QED) is 0.749. The van der Waals surface area contributed by atoms with Gasteiger partial charge in [-0.25, -0.2) is 0 Å². The van der Waals surface area contributed by atoms with E-state index in [-0.39, 0.29) is 6.61 Å². The van der Waals surface area contributed by atoms with E-state index in [4.69, 9.17) is 14.3 Å². The molecule has 3 rings (SSSR count). The molecule has 0 aliphatic heterocycles. The van der Waals surface area contributed by atoms with Crippen molar-refractivity contribution in [3.8, 4) is 5.75 Å². The van der Waals surface area contributed by atoms with Crippen LogP contribution in [0.15, 0.2) is 52.9 Å². The Morgan fingerprint density at radius 3 is 2.45 bits per heavy atom. The average Bonchev–Trinajstić information content (AvgIpc) is 3.00. The molecule has 0 aliphatic rings. The summed E-state index contributed by atoms with van der Waals surface area (Å²) in [7, 11) is 0. The average molecular weight is 298 g/mol. The molecule has 0 atom stereocenters. The van der Waals surface area contributed by atoms with E-state index in [1.807, 2.05) is 63.2 Å². The number of aliphatic hydroxyl groups is 1. The first-order valence-corrected chi connectivity index (χ1v) is 7.57. The molecule has 0 spiro atoms. The van der Waals surface area contributed by atoms with Crippen LogP contribution < -0.4 is 4.74 Å². The predicted molar refractivity (Wildman–Crippen MR) is 89.0 cm³/mol. The molecule has 116 valence electrons. The Morgan fingerprint density at radius 1 is 1.05 bits per heavy atom. The van der Waals surface area contributed by atoms with Crippen LogP contribution in [0.3, 0.4) is 0 Å². The number of aliphatic hydroxyl groups excluding tert-OH is 1. The normalized spacial score (nSPS) is 10.2. The molecular weight excluding hydrogens is 276 g/mol. The largest absolute Gasteiger partial charge is 0.489 e. The molecular formula is C19H22O3. The van der Waals surface area contributed by atoms with Gasteiger partial charge in [-0.15, -0.1) is 0 Å². The van der Waals surface area contributed by atoms with E-state index in [1.165, 1.54) is 0 Å². The molecule has 0 amide bonds. The number of para-hydroxylation sites is 1. The molecule has 1 N–H and O–H groups in total. The number of ether oxygens (including phenoxy) is 1. The number of hydrogen-bond acceptors (Lipinski definition) is 3. The summed E-state index contributed by atoms with van der Waals surface area (Å²) in [6, 6.07) is 15.7. The zero-order valence-electron chi connectivity index (χ0n) is 13.3. The summed E-state index contributed by atoms with van der Waals surface area (Å²) in [5.41, 5.74) is 2.97. The first kappa shape index (κ1) is 16.1. The third-order valence-corrected chi connectivity index (χ3v) is 3.22. The van der Waals surface area contributed by atoms with E-state index in [2.05, 4.69) is 6.07 Å². The molecule has 0 aliphatic carbocycles. The Bertz CT molecular complexity index is 714. The van der Waals surface area contributed by atoms with Gasteiger partial charge in [0.1, 0.15) is 30.3 Å². The van der Waals surface area contributed by atoms with Crippen LogP contribution in [0, 0.1) is 6.92 Å². The molecule has 0 bridgehead atoms. The number of benzene rings is 2. The lowest BCUT2D eigenvalue weighted by molar-refractivity contribution is 0.251. The minimum absolute atomic E-state index is 0.0794. The van der Waals surface area contributed by atoms with Gasteiger partial charge >= 0.3 is 0 Å². The summed E-state index contributed by atoms with van der Waals surface area (Å²) in [6.07, 6.45) is 0. The summed E-state index contributed by atoms with van der Waals surface area (Å²) in [5, 5.41) is 10.1. The highest BCUT2D eigenvalue weighted by Gasteiger charge is 2.08.